The Labute approximate surface area is 242 Å². The number of nitrogens with one attached hydrogen (secondary N) is 2. The molecule has 11 heteroatoms. The number of carbonyl (C=O) groups excluding carboxylic acids is 2. The maximum atomic E-state index is 14.0. The van der Waals surface area contributed by atoms with Gasteiger partial charge in [-0.1, -0.05) is 31.0 Å². The number of hydrogen-bond donors (Lipinski definition) is 2. The molecule has 0 spiro atoms. The number of carbonyl (C=O) groups is 2. The second kappa shape index (κ2) is 11.5. The molecule has 2 aliphatic rings. The topological polar surface area (TPSA) is 96.4 Å². The van der Waals surface area contributed by atoms with E-state index in [1.807, 2.05) is 31.2 Å². The van der Waals surface area contributed by atoms with Crippen molar-refractivity contribution in [3.05, 3.63) is 63.2 Å². The monoisotopic (exact) mass is 586 g/mol. The quantitative estimate of drug-likeness (QED) is 0.396. The summed E-state index contributed by atoms with van der Waals surface area (Å²) in [4.78, 5) is 43.2. The fraction of sp³-hybridized carbons (Fsp3) is 0.516. The third-order valence-electron chi connectivity index (χ3n) is 9.09. The first-order valence-electron chi connectivity index (χ1n) is 14.5. The Morgan fingerprint density at radius 1 is 1.12 bits per heavy atom. The highest BCUT2D eigenvalue weighted by atomic mass is 19.4. The number of nitrogens with zero attached hydrogens (tertiary/aromatic N) is 2. The molecule has 226 valence electrons. The molecule has 5 rings (SSSR count). The van der Waals surface area contributed by atoms with Crippen LogP contribution in [0.4, 0.5) is 13.2 Å². The molecule has 0 atom stereocenters. The number of H-pyrrole nitrogens is 1. The van der Waals surface area contributed by atoms with Crippen molar-refractivity contribution in [2.45, 2.75) is 71.6 Å². The number of ether oxygens (including phenoxy) is 1. The van der Waals surface area contributed by atoms with E-state index in [0.29, 0.717) is 67.9 Å². The van der Waals surface area contributed by atoms with Crippen molar-refractivity contribution in [3.63, 3.8) is 0 Å². The number of para-hydroxylation sites is 1. The summed E-state index contributed by atoms with van der Waals surface area (Å²) >= 11 is 0. The van der Waals surface area contributed by atoms with Gasteiger partial charge in [-0.15, -0.1) is 0 Å². The summed E-state index contributed by atoms with van der Waals surface area (Å²) < 4.78 is 49.3. The van der Waals surface area contributed by atoms with E-state index in [2.05, 4.69) is 14.9 Å². The Hall–Kier alpha value is -3.76. The van der Waals surface area contributed by atoms with Crippen LogP contribution < -0.4 is 15.6 Å². The van der Waals surface area contributed by atoms with Gasteiger partial charge in [-0.05, 0) is 57.6 Å². The molecule has 2 amide bonds. The molecule has 2 aromatic heterocycles. The van der Waals surface area contributed by atoms with Gasteiger partial charge in [-0.3, -0.25) is 14.4 Å². The highest BCUT2D eigenvalue weighted by molar-refractivity contribution is 6.08. The number of halogens is 3. The van der Waals surface area contributed by atoms with E-state index in [1.165, 1.54) is 12.0 Å². The summed E-state index contributed by atoms with van der Waals surface area (Å²) in [6, 6.07) is 9.29. The minimum atomic E-state index is -4.53. The van der Waals surface area contributed by atoms with Gasteiger partial charge >= 0.3 is 6.18 Å². The highest BCUT2D eigenvalue weighted by Gasteiger charge is 2.62. The Morgan fingerprint density at radius 3 is 2.43 bits per heavy atom. The summed E-state index contributed by atoms with van der Waals surface area (Å²) in [5, 5.41) is 3.65. The van der Waals surface area contributed by atoms with Crippen molar-refractivity contribution in [2.75, 3.05) is 20.2 Å². The zero-order valence-electron chi connectivity index (χ0n) is 24.2. The van der Waals surface area contributed by atoms with E-state index in [0.717, 1.165) is 16.6 Å². The molecule has 1 aliphatic carbocycles. The molecule has 3 aromatic rings. The SMILES string of the molecule is COc1cc(C)[nH]c(=O)c1CNC(=O)c1c(C)n(CC2CCN(C(=O)C3(C(F)(F)F)CCCC3)CC2)c2ccccc12. The normalized spacial score (nSPS) is 17.5. The van der Waals surface area contributed by atoms with Crippen LogP contribution in [0.1, 0.15) is 65.8 Å². The second-order valence-corrected chi connectivity index (χ2v) is 11.6. The molecule has 42 heavy (non-hydrogen) atoms. The molecule has 1 saturated carbocycles. The first-order valence-corrected chi connectivity index (χ1v) is 14.5. The number of rotatable bonds is 7. The van der Waals surface area contributed by atoms with E-state index in [4.69, 9.17) is 4.74 Å². The van der Waals surface area contributed by atoms with Gasteiger partial charge in [-0.25, -0.2) is 0 Å². The van der Waals surface area contributed by atoms with Gasteiger partial charge in [0, 0.05) is 41.9 Å². The van der Waals surface area contributed by atoms with Crippen LogP contribution in [0.2, 0.25) is 0 Å². The number of fused-ring (bicyclic) bond motifs is 1. The van der Waals surface area contributed by atoms with Crippen molar-refractivity contribution in [1.82, 2.24) is 19.8 Å². The standard InChI is InChI=1S/C31H37F3N4O4/c1-19-16-25(42-3)23(27(39)36-19)17-35-28(40)26-20(2)38(24-9-5-4-8-22(24)26)18-21-10-14-37(15-11-21)29(41)30(31(32,33)34)12-6-7-13-30/h4-5,8-9,16,21H,6-7,10-15,17-18H2,1-3H3,(H,35,40)(H,36,39). The van der Waals surface area contributed by atoms with Crippen LogP contribution >= 0.6 is 0 Å². The maximum Gasteiger partial charge on any atom is 0.403 e. The fourth-order valence-electron chi connectivity index (χ4n) is 6.72. The first kappa shape index (κ1) is 29.7. The summed E-state index contributed by atoms with van der Waals surface area (Å²) in [7, 11) is 1.47. The largest absolute Gasteiger partial charge is 0.496 e. The van der Waals surface area contributed by atoms with Crippen LogP contribution in [-0.2, 0) is 17.9 Å². The van der Waals surface area contributed by atoms with Gasteiger partial charge in [0.2, 0.25) is 5.91 Å². The number of likely N-dealkylation sites (tertiary alicyclic amines) is 1. The van der Waals surface area contributed by atoms with E-state index >= 15 is 0 Å². The molecule has 8 nitrogen and oxygen atoms in total. The van der Waals surface area contributed by atoms with Crippen molar-refractivity contribution in [3.8, 4) is 5.75 Å². The Balaban J connectivity index is 1.31. The van der Waals surface area contributed by atoms with Crippen molar-refractivity contribution < 1.29 is 27.5 Å². The fourth-order valence-corrected chi connectivity index (χ4v) is 6.72. The summed E-state index contributed by atoms with van der Waals surface area (Å²) in [6.07, 6.45) is -2.77. The third-order valence-corrected chi connectivity index (χ3v) is 9.09. The van der Waals surface area contributed by atoms with Gasteiger partial charge in [0.1, 0.15) is 11.2 Å². The van der Waals surface area contributed by atoms with Crippen LogP contribution in [0, 0.1) is 25.2 Å². The van der Waals surface area contributed by atoms with Gasteiger partial charge in [0.25, 0.3) is 11.5 Å². The van der Waals surface area contributed by atoms with E-state index < -0.39 is 17.5 Å². The number of amides is 2. The Bertz CT molecular complexity index is 1540. The van der Waals surface area contributed by atoms with E-state index in [1.54, 1.807) is 13.0 Å². The predicted octanol–water partition coefficient (Wildman–Crippen LogP) is 5.25. The molecule has 0 bridgehead atoms. The van der Waals surface area contributed by atoms with E-state index in [-0.39, 0.29) is 36.8 Å². The average Bonchev–Trinajstić information content (AvgIpc) is 3.56. The molecule has 3 heterocycles. The molecule has 0 unspecified atom stereocenters. The number of hydrogen-bond acceptors (Lipinski definition) is 4. The maximum absolute atomic E-state index is 14.0. The number of aromatic amines is 1. The van der Waals surface area contributed by atoms with Gasteiger partial charge in [0.15, 0.2) is 0 Å². The minimum Gasteiger partial charge on any atom is -0.496 e. The molecule has 1 aromatic carbocycles. The number of alkyl halides is 3. The smallest absolute Gasteiger partial charge is 0.403 e. The number of benzene rings is 1. The number of piperidine rings is 1. The van der Waals surface area contributed by atoms with Crippen LogP contribution in [0.15, 0.2) is 35.1 Å². The summed E-state index contributed by atoms with van der Waals surface area (Å²) in [5.74, 6) is -0.551. The number of pyridine rings is 1. The van der Waals surface area contributed by atoms with Gasteiger partial charge in [-0.2, -0.15) is 13.2 Å². The number of methoxy groups -OCH3 is 1. The third kappa shape index (κ3) is 5.29. The van der Waals surface area contributed by atoms with Crippen molar-refractivity contribution in [2.24, 2.45) is 11.3 Å². The number of aromatic nitrogens is 2. The highest BCUT2D eigenvalue weighted by Crippen LogP contribution is 2.52. The molecule has 1 aliphatic heterocycles. The Morgan fingerprint density at radius 2 is 1.79 bits per heavy atom. The zero-order chi connectivity index (χ0) is 30.2. The lowest BCUT2D eigenvalue weighted by Gasteiger charge is -2.39. The Kier molecular flexibility index (Phi) is 8.13. The summed E-state index contributed by atoms with van der Waals surface area (Å²) in [6.45, 7) is 4.78. The van der Waals surface area contributed by atoms with Gasteiger partial charge in [0.05, 0.1) is 24.8 Å². The van der Waals surface area contributed by atoms with Gasteiger partial charge < -0.3 is 24.5 Å². The minimum absolute atomic E-state index is 0.0114. The molecule has 2 N–H and O–H groups in total. The average molecular weight is 587 g/mol. The molecule has 0 radical (unpaired) electrons. The van der Waals surface area contributed by atoms with Crippen molar-refractivity contribution >= 4 is 22.7 Å². The number of aryl methyl sites for hydroxylation is 1. The molecular formula is C31H37F3N4O4. The van der Waals surface area contributed by atoms with Crippen LogP contribution in [0.3, 0.4) is 0 Å². The predicted molar refractivity (Wildman–Crippen MR) is 152 cm³/mol. The van der Waals surface area contributed by atoms with E-state index in [9.17, 15) is 27.6 Å². The molecule has 2 fully saturated rings. The van der Waals surface area contributed by atoms with Crippen molar-refractivity contribution in [1.29, 1.82) is 0 Å². The van der Waals surface area contributed by atoms with Crippen LogP contribution in [0.5, 0.6) is 5.75 Å². The second-order valence-electron chi connectivity index (χ2n) is 11.6. The van der Waals surface area contributed by atoms with Crippen LogP contribution in [-0.4, -0.2) is 52.6 Å². The molecule has 1 saturated heterocycles. The zero-order valence-corrected chi connectivity index (χ0v) is 24.2. The lowest BCUT2D eigenvalue weighted by atomic mass is 9.82. The summed E-state index contributed by atoms with van der Waals surface area (Å²) in [5.41, 5.74) is 0.566. The molecular weight excluding hydrogens is 549 g/mol. The lowest BCUT2D eigenvalue weighted by Crippen LogP contribution is -2.52. The first-order chi connectivity index (χ1) is 20.0. The lowest BCUT2D eigenvalue weighted by molar-refractivity contribution is -0.226. The van der Waals surface area contributed by atoms with Crippen LogP contribution in [0.25, 0.3) is 10.9 Å².